The first-order chi connectivity index (χ1) is 15.1. The van der Waals surface area contributed by atoms with Crippen molar-refractivity contribution in [2.75, 3.05) is 7.05 Å². The third kappa shape index (κ3) is 3.80. The number of fused-ring (bicyclic) bond motifs is 2. The van der Waals surface area contributed by atoms with E-state index in [0.29, 0.717) is 6.04 Å². The summed E-state index contributed by atoms with van der Waals surface area (Å²) in [4.78, 5) is 0. The average Bonchev–Trinajstić information content (AvgIpc) is 3.13. The summed E-state index contributed by atoms with van der Waals surface area (Å²) in [5, 5.41) is 2.56. The zero-order chi connectivity index (χ0) is 21.4. The fraction of sp³-hybridized carbons (Fsp3) is 0.357. The zero-order valence-corrected chi connectivity index (χ0v) is 19.6. The molecule has 1 atom stereocenters. The Labute approximate surface area is 187 Å². The Bertz CT molecular complexity index is 1150. The Morgan fingerprint density at radius 1 is 0.903 bits per heavy atom. The number of hydrogen-bond donors (Lipinski definition) is 0. The summed E-state index contributed by atoms with van der Waals surface area (Å²) in [6.07, 6.45) is 8.64. The van der Waals surface area contributed by atoms with E-state index in [9.17, 15) is 4.46 Å². The van der Waals surface area contributed by atoms with E-state index in [0.717, 1.165) is 6.04 Å². The van der Waals surface area contributed by atoms with Gasteiger partial charge < -0.3 is 9.03 Å². The van der Waals surface area contributed by atoms with Crippen molar-refractivity contribution in [2.45, 2.75) is 57.0 Å². The molecule has 0 heterocycles. The maximum Gasteiger partial charge on any atom is 0.395 e. The van der Waals surface area contributed by atoms with Gasteiger partial charge in [-0.3, -0.25) is 0 Å². The standard InChI is InChI=1S/C28H31NOSi/c1-20-18-27-25(24-15-8-11-21-10-6-7-14-23(21)24)16-9-17-26(27)28(20)19-31(30)29(2)22-12-4-3-5-13-22/h6-11,14-18,22,28H,3-5,12-13,19H2,1-2H3. The van der Waals surface area contributed by atoms with Crippen LogP contribution in [0.2, 0.25) is 6.04 Å². The van der Waals surface area contributed by atoms with Crippen molar-refractivity contribution in [1.29, 1.82) is 0 Å². The predicted octanol–water partition coefficient (Wildman–Crippen LogP) is 7.19. The predicted molar refractivity (Wildman–Crippen MR) is 132 cm³/mol. The first kappa shape index (κ1) is 20.4. The van der Waals surface area contributed by atoms with Crippen LogP contribution in [0.25, 0.3) is 28.0 Å². The van der Waals surface area contributed by atoms with E-state index in [1.807, 2.05) is 0 Å². The number of nitrogens with zero attached hydrogens (tertiary/aromatic N) is 1. The van der Waals surface area contributed by atoms with Gasteiger partial charge in [0.2, 0.25) is 0 Å². The lowest BCUT2D eigenvalue weighted by Gasteiger charge is -2.32. The van der Waals surface area contributed by atoms with Crippen LogP contribution in [0.1, 0.15) is 56.1 Å². The first-order valence-corrected chi connectivity index (χ1v) is 13.2. The van der Waals surface area contributed by atoms with Crippen LogP contribution >= 0.6 is 0 Å². The molecule has 2 aliphatic rings. The molecule has 0 spiro atoms. The molecule has 5 rings (SSSR count). The van der Waals surface area contributed by atoms with E-state index >= 15 is 0 Å². The molecule has 0 bridgehead atoms. The molecule has 2 aliphatic carbocycles. The summed E-state index contributed by atoms with van der Waals surface area (Å²) in [5.74, 6) is 0.266. The minimum absolute atomic E-state index is 0.266. The molecule has 31 heavy (non-hydrogen) atoms. The minimum Gasteiger partial charge on any atom is -0.377 e. The van der Waals surface area contributed by atoms with Crippen molar-refractivity contribution in [3.8, 4) is 11.1 Å². The molecule has 0 aromatic heterocycles. The lowest BCUT2D eigenvalue weighted by atomic mass is 9.91. The number of rotatable bonds is 5. The fourth-order valence-electron chi connectivity index (χ4n) is 5.58. The molecule has 1 fully saturated rings. The zero-order valence-electron chi connectivity index (χ0n) is 18.6. The third-order valence-electron chi connectivity index (χ3n) is 7.41. The highest BCUT2D eigenvalue weighted by atomic mass is 28.3. The van der Waals surface area contributed by atoms with Gasteiger partial charge in [0.25, 0.3) is 0 Å². The van der Waals surface area contributed by atoms with Gasteiger partial charge in [-0.1, -0.05) is 91.6 Å². The minimum atomic E-state index is -1.79. The van der Waals surface area contributed by atoms with E-state index in [1.165, 1.54) is 70.7 Å². The second kappa shape index (κ2) is 8.55. The Balaban J connectivity index is 1.47. The molecule has 158 valence electrons. The van der Waals surface area contributed by atoms with Crippen molar-refractivity contribution in [3.63, 3.8) is 0 Å². The highest BCUT2D eigenvalue weighted by Gasteiger charge is 2.31. The van der Waals surface area contributed by atoms with Crippen LogP contribution in [-0.2, 0) is 4.46 Å². The van der Waals surface area contributed by atoms with Crippen LogP contribution in [0, 0.1) is 0 Å². The summed E-state index contributed by atoms with van der Waals surface area (Å²) in [6.45, 7) is 2.22. The number of hydrogen-bond acceptors (Lipinski definition) is 1. The topological polar surface area (TPSA) is 20.3 Å². The molecule has 0 saturated heterocycles. The lowest BCUT2D eigenvalue weighted by Crippen LogP contribution is -2.40. The summed E-state index contributed by atoms with van der Waals surface area (Å²) < 4.78 is 15.6. The van der Waals surface area contributed by atoms with Crippen LogP contribution in [0.3, 0.4) is 0 Å². The molecule has 0 N–H and O–H groups in total. The largest absolute Gasteiger partial charge is 0.395 e. The van der Waals surface area contributed by atoms with Crippen molar-refractivity contribution >= 4 is 25.7 Å². The molecule has 3 aromatic carbocycles. The van der Waals surface area contributed by atoms with Crippen LogP contribution in [0.4, 0.5) is 0 Å². The fourth-order valence-corrected chi connectivity index (χ4v) is 7.42. The van der Waals surface area contributed by atoms with Gasteiger partial charge in [0.1, 0.15) is 0 Å². The number of allylic oxidation sites excluding steroid dienone is 1. The smallest absolute Gasteiger partial charge is 0.377 e. The van der Waals surface area contributed by atoms with Crippen LogP contribution < -0.4 is 0 Å². The maximum absolute atomic E-state index is 13.4. The summed E-state index contributed by atoms with van der Waals surface area (Å²) >= 11 is 0. The van der Waals surface area contributed by atoms with Gasteiger partial charge in [-0.05, 0) is 52.8 Å². The first-order valence-electron chi connectivity index (χ1n) is 11.7. The van der Waals surface area contributed by atoms with E-state index < -0.39 is 8.84 Å². The SMILES string of the molecule is CC1=Cc2c(-c3cccc4ccccc34)cccc2C1C[Si](=O)N(C)C1CCCCC1. The Hall–Kier alpha value is -2.52. The van der Waals surface area contributed by atoms with Crippen LogP contribution in [0.5, 0.6) is 0 Å². The van der Waals surface area contributed by atoms with Gasteiger partial charge in [-0.15, -0.1) is 0 Å². The summed E-state index contributed by atoms with van der Waals surface area (Å²) in [6, 6.07) is 23.1. The van der Waals surface area contributed by atoms with E-state index in [-0.39, 0.29) is 5.92 Å². The third-order valence-corrected chi connectivity index (χ3v) is 9.32. The maximum atomic E-state index is 13.4. The Kier molecular flexibility index (Phi) is 5.62. The van der Waals surface area contributed by atoms with Crippen molar-refractivity contribution in [2.24, 2.45) is 0 Å². The quantitative estimate of drug-likeness (QED) is 0.403. The Morgan fingerprint density at radius 2 is 1.61 bits per heavy atom. The highest BCUT2D eigenvalue weighted by Crippen LogP contribution is 2.44. The molecule has 0 amide bonds. The second-order valence-electron chi connectivity index (χ2n) is 9.28. The van der Waals surface area contributed by atoms with Gasteiger partial charge >= 0.3 is 8.84 Å². The summed E-state index contributed by atoms with van der Waals surface area (Å²) in [5.41, 5.74) is 6.58. The normalized spacial score (nSPS) is 18.6. The van der Waals surface area contributed by atoms with Gasteiger partial charge in [-0.2, -0.15) is 0 Å². The van der Waals surface area contributed by atoms with Gasteiger partial charge in [0.05, 0.1) is 0 Å². The Morgan fingerprint density at radius 3 is 2.45 bits per heavy atom. The van der Waals surface area contributed by atoms with E-state index in [1.54, 1.807) is 0 Å². The van der Waals surface area contributed by atoms with Crippen LogP contribution in [0.15, 0.2) is 66.2 Å². The van der Waals surface area contributed by atoms with Crippen molar-refractivity contribution in [3.05, 3.63) is 77.4 Å². The summed E-state index contributed by atoms with van der Waals surface area (Å²) in [7, 11) is 0.304. The van der Waals surface area contributed by atoms with Crippen molar-refractivity contribution < 1.29 is 4.46 Å². The molecule has 3 heteroatoms. The van der Waals surface area contributed by atoms with E-state index in [4.69, 9.17) is 0 Å². The molecular weight excluding hydrogens is 394 g/mol. The van der Waals surface area contributed by atoms with Gasteiger partial charge in [0, 0.05) is 25.1 Å². The average molecular weight is 426 g/mol. The second-order valence-corrected chi connectivity index (χ2v) is 11.2. The monoisotopic (exact) mass is 425 g/mol. The lowest BCUT2D eigenvalue weighted by molar-refractivity contribution is 0.271. The molecule has 1 saturated carbocycles. The van der Waals surface area contributed by atoms with Gasteiger partial charge in [-0.25, -0.2) is 0 Å². The molecule has 0 radical (unpaired) electrons. The molecular formula is C28H31NOSi. The van der Waals surface area contributed by atoms with Gasteiger partial charge in [0.15, 0.2) is 0 Å². The highest BCUT2D eigenvalue weighted by molar-refractivity contribution is 6.39. The molecule has 0 aliphatic heterocycles. The molecule has 2 nitrogen and oxygen atoms in total. The van der Waals surface area contributed by atoms with E-state index in [2.05, 4.69) is 85.3 Å². The molecule has 1 unspecified atom stereocenters. The number of benzene rings is 3. The van der Waals surface area contributed by atoms with Crippen molar-refractivity contribution in [1.82, 2.24) is 4.57 Å². The molecule has 3 aromatic rings. The van der Waals surface area contributed by atoms with Crippen LogP contribution in [-0.4, -0.2) is 26.5 Å².